The molecule has 0 atom stereocenters. The molecule has 1 amide bonds. The Bertz CT molecular complexity index is 619. The summed E-state index contributed by atoms with van der Waals surface area (Å²) in [7, 11) is 0. The van der Waals surface area contributed by atoms with Crippen molar-refractivity contribution in [1.82, 2.24) is 15.4 Å². The molecule has 5 heteroatoms. The second-order valence-corrected chi connectivity index (χ2v) is 4.29. The van der Waals surface area contributed by atoms with Crippen LogP contribution >= 0.6 is 0 Å². The standard InChI is InChI=1S/C13H12N4O/c18-13(9-5-6-9)17-15-8-10-7-14-11-3-1-2-4-12(11)16-10/h1-4,7-9H,5-6H2,(H,17,18)/b15-8-. The van der Waals surface area contributed by atoms with E-state index in [1.54, 1.807) is 6.20 Å². The summed E-state index contributed by atoms with van der Waals surface area (Å²) in [5.41, 5.74) is 4.79. The van der Waals surface area contributed by atoms with Gasteiger partial charge < -0.3 is 0 Å². The number of carbonyl (C=O) groups is 1. The average Bonchev–Trinajstić information content (AvgIpc) is 3.23. The van der Waals surface area contributed by atoms with E-state index in [0.717, 1.165) is 23.9 Å². The molecule has 0 saturated heterocycles. The lowest BCUT2D eigenvalue weighted by Gasteiger charge is -1.98. The predicted octanol–water partition coefficient (Wildman–Crippen LogP) is 1.49. The molecule has 5 nitrogen and oxygen atoms in total. The third-order valence-electron chi connectivity index (χ3n) is 2.79. The van der Waals surface area contributed by atoms with Crippen molar-refractivity contribution in [2.24, 2.45) is 11.0 Å². The summed E-state index contributed by atoms with van der Waals surface area (Å²) >= 11 is 0. The molecule has 1 aliphatic rings. The minimum atomic E-state index is -0.0139. The minimum Gasteiger partial charge on any atom is -0.273 e. The first-order chi connectivity index (χ1) is 8.83. The Hall–Kier alpha value is -2.30. The quantitative estimate of drug-likeness (QED) is 0.653. The van der Waals surface area contributed by atoms with E-state index in [2.05, 4.69) is 20.5 Å². The summed E-state index contributed by atoms with van der Waals surface area (Å²) in [4.78, 5) is 20.0. The van der Waals surface area contributed by atoms with E-state index < -0.39 is 0 Å². The van der Waals surface area contributed by atoms with Crippen LogP contribution in [-0.2, 0) is 4.79 Å². The fourth-order valence-corrected chi connectivity index (χ4v) is 1.63. The normalized spacial score (nSPS) is 15.1. The van der Waals surface area contributed by atoms with Gasteiger partial charge in [0, 0.05) is 5.92 Å². The van der Waals surface area contributed by atoms with Crippen molar-refractivity contribution in [3.05, 3.63) is 36.2 Å². The van der Waals surface area contributed by atoms with Crippen molar-refractivity contribution in [3.63, 3.8) is 0 Å². The van der Waals surface area contributed by atoms with Crippen molar-refractivity contribution in [2.45, 2.75) is 12.8 Å². The van der Waals surface area contributed by atoms with Crippen molar-refractivity contribution in [3.8, 4) is 0 Å². The highest BCUT2D eigenvalue weighted by Crippen LogP contribution is 2.28. The Morgan fingerprint density at radius 3 is 2.89 bits per heavy atom. The lowest BCUT2D eigenvalue weighted by molar-refractivity contribution is -0.122. The van der Waals surface area contributed by atoms with Gasteiger partial charge in [0.25, 0.3) is 0 Å². The van der Waals surface area contributed by atoms with Gasteiger partial charge in [-0.3, -0.25) is 9.78 Å². The minimum absolute atomic E-state index is 0.0139. The summed E-state index contributed by atoms with van der Waals surface area (Å²) in [5, 5.41) is 3.88. The van der Waals surface area contributed by atoms with Crippen LogP contribution in [0.5, 0.6) is 0 Å². The van der Waals surface area contributed by atoms with Crippen molar-refractivity contribution < 1.29 is 4.79 Å². The second kappa shape index (κ2) is 4.52. The van der Waals surface area contributed by atoms with E-state index >= 15 is 0 Å². The lowest BCUT2D eigenvalue weighted by Crippen LogP contribution is -2.19. The first-order valence-electron chi connectivity index (χ1n) is 5.87. The van der Waals surface area contributed by atoms with E-state index in [1.165, 1.54) is 6.21 Å². The van der Waals surface area contributed by atoms with Crippen LogP contribution in [0.15, 0.2) is 35.6 Å². The summed E-state index contributed by atoms with van der Waals surface area (Å²) in [6, 6.07) is 7.62. The molecule has 1 aliphatic carbocycles. The molecule has 3 rings (SSSR count). The molecule has 0 bridgehead atoms. The molecule has 90 valence electrons. The topological polar surface area (TPSA) is 67.2 Å². The van der Waals surface area contributed by atoms with E-state index in [4.69, 9.17) is 0 Å². The molecule has 0 unspecified atom stereocenters. The van der Waals surface area contributed by atoms with Crippen LogP contribution in [0.1, 0.15) is 18.5 Å². The average molecular weight is 240 g/mol. The number of rotatable bonds is 3. The zero-order valence-electron chi connectivity index (χ0n) is 9.71. The molecular weight excluding hydrogens is 228 g/mol. The summed E-state index contributed by atoms with van der Waals surface area (Å²) in [5.74, 6) is 0.143. The van der Waals surface area contributed by atoms with Crippen LogP contribution < -0.4 is 5.43 Å². The number of amides is 1. The van der Waals surface area contributed by atoms with Crippen molar-refractivity contribution in [2.75, 3.05) is 0 Å². The first-order valence-corrected chi connectivity index (χ1v) is 5.87. The molecule has 1 aromatic carbocycles. The van der Waals surface area contributed by atoms with Crippen LogP contribution in [0.25, 0.3) is 11.0 Å². The maximum absolute atomic E-state index is 11.3. The van der Waals surface area contributed by atoms with Crippen LogP contribution in [0.2, 0.25) is 0 Å². The number of nitrogens with one attached hydrogen (secondary N) is 1. The molecule has 0 radical (unpaired) electrons. The zero-order valence-corrected chi connectivity index (χ0v) is 9.71. The number of para-hydroxylation sites is 2. The number of hydrazone groups is 1. The van der Waals surface area contributed by atoms with Gasteiger partial charge in [-0.2, -0.15) is 5.10 Å². The molecule has 0 spiro atoms. The van der Waals surface area contributed by atoms with Crippen molar-refractivity contribution in [1.29, 1.82) is 0 Å². The number of hydrogen-bond donors (Lipinski definition) is 1. The van der Waals surface area contributed by atoms with Gasteiger partial charge in [-0.25, -0.2) is 10.4 Å². The molecule has 1 aromatic heterocycles. The third kappa shape index (κ3) is 2.34. The highest BCUT2D eigenvalue weighted by Gasteiger charge is 2.29. The Morgan fingerprint density at radius 2 is 2.11 bits per heavy atom. The van der Waals surface area contributed by atoms with Gasteiger partial charge in [0.1, 0.15) is 5.69 Å². The number of fused-ring (bicyclic) bond motifs is 1. The van der Waals surface area contributed by atoms with E-state index in [-0.39, 0.29) is 11.8 Å². The monoisotopic (exact) mass is 240 g/mol. The maximum atomic E-state index is 11.3. The van der Waals surface area contributed by atoms with Gasteiger partial charge >= 0.3 is 0 Å². The SMILES string of the molecule is O=C(N/N=C\c1cnc2ccccc2n1)C1CC1. The van der Waals surface area contributed by atoms with E-state index in [1.807, 2.05) is 24.3 Å². The Balaban J connectivity index is 1.73. The number of nitrogens with zero attached hydrogens (tertiary/aromatic N) is 3. The van der Waals surface area contributed by atoms with Gasteiger partial charge in [0.2, 0.25) is 5.91 Å². The van der Waals surface area contributed by atoms with Crippen LogP contribution in [-0.4, -0.2) is 22.1 Å². The number of carbonyl (C=O) groups excluding carboxylic acids is 1. The molecule has 1 saturated carbocycles. The third-order valence-corrected chi connectivity index (χ3v) is 2.79. The predicted molar refractivity (Wildman–Crippen MR) is 68.0 cm³/mol. The summed E-state index contributed by atoms with van der Waals surface area (Å²) in [6.45, 7) is 0. The highest BCUT2D eigenvalue weighted by molar-refractivity contribution is 5.85. The largest absolute Gasteiger partial charge is 0.273 e. The van der Waals surface area contributed by atoms with Gasteiger partial charge in [0.15, 0.2) is 0 Å². The molecule has 2 aromatic rings. The van der Waals surface area contributed by atoms with Gasteiger partial charge in [-0.05, 0) is 25.0 Å². The highest BCUT2D eigenvalue weighted by atomic mass is 16.2. The molecule has 18 heavy (non-hydrogen) atoms. The number of benzene rings is 1. The van der Waals surface area contributed by atoms with Crippen LogP contribution in [0.4, 0.5) is 0 Å². The molecular formula is C13H12N4O. The van der Waals surface area contributed by atoms with E-state index in [0.29, 0.717) is 5.69 Å². The van der Waals surface area contributed by atoms with Gasteiger partial charge in [-0.15, -0.1) is 0 Å². The Labute approximate surface area is 104 Å². The summed E-state index contributed by atoms with van der Waals surface area (Å²) < 4.78 is 0. The molecule has 1 heterocycles. The molecule has 1 fully saturated rings. The Kier molecular flexibility index (Phi) is 2.72. The fourth-order valence-electron chi connectivity index (χ4n) is 1.63. The van der Waals surface area contributed by atoms with Crippen LogP contribution in [0, 0.1) is 5.92 Å². The molecule has 1 N–H and O–H groups in total. The fraction of sp³-hybridized carbons (Fsp3) is 0.231. The van der Waals surface area contributed by atoms with Gasteiger partial charge in [-0.1, -0.05) is 12.1 Å². The maximum Gasteiger partial charge on any atom is 0.243 e. The summed E-state index contributed by atoms with van der Waals surface area (Å²) in [6.07, 6.45) is 5.09. The number of hydrogen-bond acceptors (Lipinski definition) is 4. The molecule has 0 aliphatic heterocycles. The first kappa shape index (κ1) is 10.8. The van der Waals surface area contributed by atoms with Crippen molar-refractivity contribution >= 4 is 23.2 Å². The Morgan fingerprint density at radius 1 is 1.33 bits per heavy atom. The second-order valence-electron chi connectivity index (χ2n) is 4.29. The lowest BCUT2D eigenvalue weighted by atomic mass is 10.3. The number of aromatic nitrogens is 2. The van der Waals surface area contributed by atoms with Gasteiger partial charge in [0.05, 0.1) is 23.4 Å². The van der Waals surface area contributed by atoms with Crippen LogP contribution in [0.3, 0.4) is 0 Å². The smallest absolute Gasteiger partial charge is 0.243 e. The van der Waals surface area contributed by atoms with E-state index in [9.17, 15) is 4.79 Å². The zero-order chi connectivity index (χ0) is 12.4.